The van der Waals surface area contributed by atoms with E-state index in [1.54, 1.807) is 0 Å². The van der Waals surface area contributed by atoms with Crippen molar-refractivity contribution in [1.29, 1.82) is 0 Å². The zero-order valence-electron chi connectivity index (χ0n) is 8.90. The average Bonchev–Trinajstić information content (AvgIpc) is 2.67. The van der Waals surface area contributed by atoms with Crippen molar-refractivity contribution in [3.63, 3.8) is 0 Å². The van der Waals surface area contributed by atoms with Crippen LogP contribution in [0.3, 0.4) is 0 Å². The number of nitrogens with one attached hydrogen (secondary N) is 1. The number of aromatic nitrogens is 2. The van der Waals surface area contributed by atoms with Gasteiger partial charge < -0.3 is 14.8 Å². The Morgan fingerprint density at radius 1 is 1.47 bits per heavy atom. The van der Waals surface area contributed by atoms with Gasteiger partial charge in [-0.3, -0.25) is 0 Å². The molecular formula is C9H15N3O2S. The molecule has 1 atom stereocenters. The molecule has 2 heterocycles. The van der Waals surface area contributed by atoms with Crippen molar-refractivity contribution < 1.29 is 9.47 Å². The van der Waals surface area contributed by atoms with Crippen molar-refractivity contribution in [1.82, 2.24) is 9.36 Å². The predicted octanol–water partition coefficient (Wildman–Crippen LogP) is 1.45. The van der Waals surface area contributed by atoms with Crippen molar-refractivity contribution >= 4 is 16.7 Å². The lowest BCUT2D eigenvalue weighted by Gasteiger charge is -2.20. The molecule has 0 amide bonds. The molecule has 1 aliphatic heterocycles. The molecule has 5 nitrogen and oxygen atoms in total. The highest BCUT2D eigenvalue weighted by molar-refractivity contribution is 7.09. The molecule has 0 saturated carbocycles. The van der Waals surface area contributed by atoms with Gasteiger partial charge in [-0.15, -0.1) is 0 Å². The third-order valence-corrected chi connectivity index (χ3v) is 2.62. The maximum atomic E-state index is 5.51. The van der Waals surface area contributed by atoms with E-state index in [2.05, 4.69) is 28.5 Å². The molecule has 6 heteroatoms. The minimum atomic E-state index is -0.0993. The van der Waals surface area contributed by atoms with Gasteiger partial charge in [0.25, 0.3) is 0 Å². The van der Waals surface area contributed by atoms with E-state index in [4.69, 9.17) is 9.47 Å². The summed E-state index contributed by atoms with van der Waals surface area (Å²) in [4.78, 5) is 4.37. The summed E-state index contributed by atoms with van der Waals surface area (Å²) in [5.41, 5.74) is 0. The fourth-order valence-corrected chi connectivity index (χ4v) is 2.07. The molecule has 0 aliphatic carbocycles. The van der Waals surface area contributed by atoms with Crippen LogP contribution in [0.4, 0.5) is 5.13 Å². The minimum Gasteiger partial charge on any atom is -0.376 e. The van der Waals surface area contributed by atoms with E-state index in [0.29, 0.717) is 25.9 Å². The van der Waals surface area contributed by atoms with Gasteiger partial charge in [0.2, 0.25) is 5.13 Å². The number of hydrogen-bond donors (Lipinski definition) is 1. The van der Waals surface area contributed by atoms with E-state index in [1.165, 1.54) is 11.5 Å². The molecule has 1 unspecified atom stereocenters. The fourth-order valence-electron chi connectivity index (χ4n) is 1.31. The fraction of sp³-hybridized carbons (Fsp3) is 0.778. The van der Waals surface area contributed by atoms with E-state index >= 15 is 0 Å². The van der Waals surface area contributed by atoms with E-state index < -0.39 is 0 Å². The van der Waals surface area contributed by atoms with Crippen LogP contribution < -0.4 is 5.32 Å². The van der Waals surface area contributed by atoms with Gasteiger partial charge in [0, 0.05) is 17.6 Å². The second kappa shape index (κ2) is 4.87. The molecule has 1 saturated heterocycles. The summed E-state index contributed by atoms with van der Waals surface area (Å²) in [6, 6.07) is 0.370. The summed E-state index contributed by atoms with van der Waals surface area (Å²) in [7, 11) is 0. The van der Waals surface area contributed by atoms with Gasteiger partial charge in [-0.25, -0.2) is 4.98 Å². The number of ether oxygens (including phenoxy) is 2. The first-order valence-electron chi connectivity index (χ1n) is 5.05. The lowest BCUT2D eigenvalue weighted by molar-refractivity contribution is -0.0930. The number of hydrogen-bond acceptors (Lipinski definition) is 6. The Kier molecular flexibility index (Phi) is 3.50. The van der Waals surface area contributed by atoms with Crippen LogP contribution in [0.2, 0.25) is 0 Å². The normalized spacial score (nSPS) is 21.9. The summed E-state index contributed by atoms with van der Waals surface area (Å²) >= 11 is 1.36. The minimum absolute atomic E-state index is 0.0993. The van der Waals surface area contributed by atoms with E-state index in [0.717, 1.165) is 11.0 Å². The van der Waals surface area contributed by atoms with Crippen LogP contribution in [0.15, 0.2) is 0 Å². The first kappa shape index (κ1) is 10.8. The summed E-state index contributed by atoms with van der Waals surface area (Å²) in [6.07, 6.45) is -0.0993. The third-order valence-electron chi connectivity index (χ3n) is 1.96. The van der Waals surface area contributed by atoms with Crippen LogP contribution in [0.25, 0.3) is 0 Å². The largest absolute Gasteiger partial charge is 0.376 e. The number of rotatable bonds is 3. The second-order valence-electron chi connectivity index (χ2n) is 3.69. The van der Waals surface area contributed by atoms with Gasteiger partial charge in [0.1, 0.15) is 6.10 Å². The maximum absolute atomic E-state index is 5.51. The van der Waals surface area contributed by atoms with Crippen LogP contribution in [0.1, 0.15) is 25.8 Å². The smallest absolute Gasteiger partial charge is 0.202 e. The van der Waals surface area contributed by atoms with Gasteiger partial charge >= 0.3 is 0 Å². The molecular weight excluding hydrogens is 214 g/mol. The molecule has 1 N–H and O–H groups in total. The topological polar surface area (TPSA) is 56.3 Å². The van der Waals surface area contributed by atoms with Crippen LogP contribution in [0.5, 0.6) is 0 Å². The standard InChI is InChI=1S/C9H15N3O2S/c1-6(2)10-9-11-8(12-15-9)7-5-13-3-4-14-7/h6-7H,3-5H2,1-2H3,(H,10,11,12). The van der Waals surface area contributed by atoms with Crippen LogP contribution in [-0.4, -0.2) is 35.2 Å². The quantitative estimate of drug-likeness (QED) is 0.850. The van der Waals surface area contributed by atoms with Crippen LogP contribution in [-0.2, 0) is 9.47 Å². The molecule has 2 rings (SSSR count). The first-order chi connectivity index (χ1) is 7.25. The first-order valence-corrected chi connectivity index (χ1v) is 5.82. The van der Waals surface area contributed by atoms with Crippen molar-refractivity contribution in [2.75, 3.05) is 25.1 Å². The van der Waals surface area contributed by atoms with E-state index in [1.807, 2.05) is 0 Å². The van der Waals surface area contributed by atoms with E-state index in [-0.39, 0.29) is 6.10 Å². The predicted molar refractivity (Wildman–Crippen MR) is 58.2 cm³/mol. The molecule has 0 spiro atoms. The Morgan fingerprint density at radius 3 is 3.00 bits per heavy atom. The Bertz CT molecular complexity index is 310. The molecule has 1 aromatic rings. The Labute approximate surface area is 93.0 Å². The van der Waals surface area contributed by atoms with E-state index in [9.17, 15) is 0 Å². The Balaban J connectivity index is 1.99. The van der Waals surface area contributed by atoms with Gasteiger partial charge in [-0.05, 0) is 13.8 Å². The van der Waals surface area contributed by atoms with Gasteiger partial charge in [-0.1, -0.05) is 0 Å². The van der Waals surface area contributed by atoms with Gasteiger partial charge in [-0.2, -0.15) is 4.37 Å². The third kappa shape index (κ3) is 2.87. The zero-order valence-corrected chi connectivity index (χ0v) is 9.71. The number of nitrogens with zero attached hydrogens (tertiary/aromatic N) is 2. The Hall–Kier alpha value is -0.720. The molecule has 0 radical (unpaired) electrons. The SMILES string of the molecule is CC(C)Nc1nc(C2COCCO2)ns1. The molecule has 0 aromatic carbocycles. The lowest BCUT2D eigenvalue weighted by Crippen LogP contribution is -2.22. The van der Waals surface area contributed by atoms with Gasteiger partial charge in [0.15, 0.2) is 5.82 Å². The van der Waals surface area contributed by atoms with Crippen LogP contribution >= 0.6 is 11.5 Å². The highest BCUT2D eigenvalue weighted by atomic mass is 32.1. The van der Waals surface area contributed by atoms with Crippen molar-refractivity contribution in [2.24, 2.45) is 0 Å². The van der Waals surface area contributed by atoms with Crippen molar-refractivity contribution in [3.05, 3.63) is 5.82 Å². The monoisotopic (exact) mass is 229 g/mol. The maximum Gasteiger partial charge on any atom is 0.202 e. The second-order valence-corrected chi connectivity index (χ2v) is 4.44. The average molecular weight is 229 g/mol. The zero-order chi connectivity index (χ0) is 10.7. The highest BCUT2D eigenvalue weighted by Crippen LogP contribution is 2.22. The summed E-state index contributed by atoms with van der Waals surface area (Å²) < 4.78 is 15.1. The molecule has 15 heavy (non-hydrogen) atoms. The molecule has 1 aromatic heterocycles. The van der Waals surface area contributed by atoms with Crippen molar-refractivity contribution in [2.45, 2.75) is 26.0 Å². The number of anilines is 1. The summed E-state index contributed by atoms with van der Waals surface area (Å²) in [5, 5.41) is 4.05. The molecule has 0 bridgehead atoms. The lowest BCUT2D eigenvalue weighted by atomic mass is 10.3. The highest BCUT2D eigenvalue weighted by Gasteiger charge is 2.21. The molecule has 1 aliphatic rings. The summed E-state index contributed by atoms with van der Waals surface area (Å²) in [6.45, 7) is 5.98. The van der Waals surface area contributed by atoms with Gasteiger partial charge in [0.05, 0.1) is 19.8 Å². The molecule has 84 valence electrons. The van der Waals surface area contributed by atoms with Crippen molar-refractivity contribution in [3.8, 4) is 0 Å². The molecule has 1 fully saturated rings. The summed E-state index contributed by atoms with van der Waals surface area (Å²) in [5.74, 6) is 0.725. The van der Waals surface area contributed by atoms with Crippen LogP contribution in [0, 0.1) is 0 Å². The Morgan fingerprint density at radius 2 is 2.33 bits per heavy atom.